The van der Waals surface area contributed by atoms with Gasteiger partial charge in [-0.15, -0.1) is 11.3 Å². The van der Waals surface area contributed by atoms with Crippen LogP contribution >= 0.6 is 11.3 Å². The van der Waals surface area contributed by atoms with Crippen molar-refractivity contribution in [1.82, 2.24) is 15.8 Å². The smallest absolute Gasteiger partial charge is 0.274 e. The summed E-state index contributed by atoms with van der Waals surface area (Å²) in [7, 11) is 0. The zero-order valence-corrected chi connectivity index (χ0v) is 14.0. The number of aromatic nitrogens is 1. The highest BCUT2D eigenvalue weighted by atomic mass is 32.1. The molecule has 2 rings (SSSR count). The molecule has 2 aromatic rings. The molecule has 0 fully saturated rings. The van der Waals surface area contributed by atoms with E-state index in [9.17, 15) is 9.59 Å². The molecule has 23 heavy (non-hydrogen) atoms. The number of amides is 2. The van der Waals surface area contributed by atoms with Gasteiger partial charge in [-0.05, 0) is 38.5 Å². The third-order valence-corrected chi connectivity index (χ3v) is 4.41. The van der Waals surface area contributed by atoms with Crippen molar-refractivity contribution >= 4 is 23.2 Å². The SMILES string of the molecule is Cc1nc(CC(=O)NC(C)c2ccc(C(=O)NO)cc2)c(C)s1. The minimum atomic E-state index is -0.567. The van der Waals surface area contributed by atoms with Gasteiger partial charge in [-0.2, -0.15) is 0 Å². The Morgan fingerprint density at radius 2 is 1.91 bits per heavy atom. The van der Waals surface area contributed by atoms with Crippen molar-refractivity contribution in [1.29, 1.82) is 0 Å². The number of benzene rings is 1. The summed E-state index contributed by atoms with van der Waals surface area (Å²) >= 11 is 1.58. The lowest BCUT2D eigenvalue weighted by Gasteiger charge is -2.14. The van der Waals surface area contributed by atoms with E-state index in [0.29, 0.717) is 5.56 Å². The highest BCUT2D eigenvalue weighted by Gasteiger charge is 2.14. The Labute approximate surface area is 138 Å². The first kappa shape index (κ1) is 17.1. The lowest BCUT2D eigenvalue weighted by Crippen LogP contribution is -2.28. The molecule has 1 aromatic carbocycles. The van der Waals surface area contributed by atoms with E-state index in [2.05, 4.69) is 10.3 Å². The highest BCUT2D eigenvalue weighted by molar-refractivity contribution is 7.11. The van der Waals surface area contributed by atoms with Crippen LogP contribution < -0.4 is 10.8 Å². The maximum Gasteiger partial charge on any atom is 0.274 e. The molecule has 7 heteroatoms. The molecule has 1 heterocycles. The van der Waals surface area contributed by atoms with Gasteiger partial charge in [0.25, 0.3) is 5.91 Å². The van der Waals surface area contributed by atoms with Crippen molar-refractivity contribution in [2.24, 2.45) is 0 Å². The number of thiazole rings is 1. The molecule has 1 aromatic heterocycles. The summed E-state index contributed by atoms with van der Waals surface area (Å²) in [4.78, 5) is 28.8. The number of carbonyl (C=O) groups excluding carboxylic acids is 2. The van der Waals surface area contributed by atoms with Crippen LogP contribution in [0.1, 0.15) is 44.5 Å². The molecule has 2 amide bonds. The van der Waals surface area contributed by atoms with Gasteiger partial charge < -0.3 is 5.32 Å². The average molecular weight is 333 g/mol. The van der Waals surface area contributed by atoms with Gasteiger partial charge in [0.05, 0.1) is 23.2 Å². The molecule has 0 radical (unpaired) electrons. The zero-order valence-electron chi connectivity index (χ0n) is 13.2. The summed E-state index contributed by atoms with van der Waals surface area (Å²) in [5.74, 6) is -0.661. The van der Waals surface area contributed by atoms with Crippen molar-refractivity contribution in [3.05, 3.63) is 51.0 Å². The van der Waals surface area contributed by atoms with Crippen molar-refractivity contribution < 1.29 is 14.8 Å². The molecule has 0 spiro atoms. The van der Waals surface area contributed by atoms with Gasteiger partial charge in [0, 0.05) is 10.4 Å². The number of hydrogen-bond acceptors (Lipinski definition) is 5. The highest BCUT2D eigenvalue weighted by Crippen LogP contribution is 2.18. The molecule has 1 unspecified atom stereocenters. The Morgan fingerprint density at radius 1 is 1.26 bits per heavy atom. The second kappa shape index (κ2) is 7.34. The molecule has 0 saturated carbocycles. The van der Waals surface area contributed by atoms with Gasteiger partial charge in [-0.3, -0.25) is 14.8 Å². The summed E-state index contributed by atoms with van der Waals surface area (Å²) < 4.78 is 0. The topological polar surface area (TPSA) is 91.3 Å². The molecule has 6 nitrogen and oxygen atoms in total. The molecule has 0 aliphatic rings. The standard InChI is InChI=1S/C16H19N3O3S/c1-9(12-4-6-13(7-5-12)16(21)19-22)17-15(20)8-14-10(2)23-11(3)18-14/h4-7,9,22H,8H2,1-3H3,(H,17,20)(H,19,21). The van der Waals surface area contributed by atoms with Gasteiger partial charge in [-0.25, -0.2) is 10.5 Å². The van der Waals surface area contributed by atoms with Gasteiger partial charge in [0.2, 0.25) is 5.91 Å². The van der Waals surface area contributed by atoms with Crippen molar-refractivity contribution in [3.63, 3.8) is 0 Å². The quantitative estimate of drug-likeness (QED) is 0.578. The van der Waals surface area contributed by atoms with Crippen molar-refractivity contribution in [2.75, 3.05) is 0 Å². The van der Waals surface area contributed by atoms with Crippen LogP contribution in [-0.4, -0.2) is 22.0 Å². The molecule has 0 bridgehead atoms. The van der Waals surface area contributed by atoms with Crippen LogP contribution in [0.5, 0.6) is 0 Å². The maximum absolute atomic E-state index is 12.1. The first-order valence-electron chi connectivity index (χ1n) is 7.17. The number of hydrogen-bond donors (Lipinski definition) is 3. The summed E-state index contributed by atoms with van der Waals surface area (Å²) in [6, 6.07) is 6.49. The third-order valence-electron chi connectivity index (χ3n) is 3.48. The van der Waals surface area contributed by atoms with Gasteiger partial charge in [0.15, 0.2) is 0 Å². The Balaban J connectivity index is 1.98. The summed E-state index contributed by atoms with van der Waals surface area (Å²) in [6.45, 7) is 5.76. The minimum Gasteiger partial charge on any atom is -0.349 e. The van der Waals surface area contributed by atoms with Gasteiger partial charge in [0.1, 0.15) is 0 Å². The van der Waals surface area contributed by atoms with Crippen molar-refractivity contribution in [3.8, 4) is 0 Å². The molecule has 0 aliphatic carbocycles. The largest absolute Gasteiger partial charge is 0.349 e. The minimum absolute atomic E-state index is 0.0944. The Morgan fingerprint density at radius 3 is 2.43 bits per heavy atom. The maximum atomic E-state index is 12.1. The molecule has 3 N–H and O–H groups in total. The summed E-state index contributed by atoms with van der Waals surface area (Å²) in [5.41, 5.74) is 3.62. The molecular weight excluding hydrogens is 314 g/mol. The average Bonchev–Trinajstić information content (AvgIpc) is 2.84. The predicted octanol–water partition coefficient (Wildman–Crippen LogP) is 2.30. The fraction of sp³-hybridized carbons (Fsp3) is 0.312. The number of nitrogens with zero attached hydrogens (tertiary/aromatic N) is 1. The van der Waals surface area contributed by atoms with Crippen LogP contribution in [0.3, 0.4) is 0 Å². The van der Waals surface area contributed by atoms with E-state index in [1.54, 1.807) is 41.1 Å². The van der Waals surface area contributed by atoms with Crippen LogP contribution in [0.4, 0.5) is 0 Å². The predicted molar refractivity (Wildman–Crippen MR) is 87.5 cm³/mol. The summed E-state index contributed by atoms with van der Waals surface area (Å²) in [6.07, 6.45) is 0.255. The fourth-order valence-corrected chi connectivity index (χ4v) is 3.09. The van der Waals surface area contributed by atoms with Crippen LogP contribution in [0.2, 0.25) is 0 Å². The molecule has 0 aliphatic heterocycles. The Bertz CT molecular complexity index is 710. The lowest BCUT2D eigenvalue weighted by molar-refractivity contribution is -0.121. The molecule has 1 atom stereocenters. The van der Waals surface area contributed by atoms with E-state index in [4.69, 9.17) is 5.21 Å². The third kappa shape index (κ3) is 4.37. The van der Waals surface area contributed by atoms with E-state index >= 15 is 0 Å². The zero-order chi connectivity index (χ0) is 17.0. The Hall–Kier alpha value is -2.25. The number of nitrogens with one attached hydrogen (secondary N) is 2. The van der Waals surface area contributed by atoms with E-state index in [1.165, 1.54) is 0 Å². The van der Waals surface area contributed by atoms with Gasteiger partial charge >= 0.3 is 0 Å². The number of aryl methyl sites for hydroxylation is 2. The fourth-order valence-electron chi connectivity index (χ4n) is 2.25. The van der Waals surface area contributed by atoms with E-state index < -0.39 is 5.91 Å². The van der Waals surface area contributed by atoms with Crippen LogP contribution in [0.25, 0.3) is 0 Å². The number of rotatable bonds is 5. The lowest BCUT2D eigenvalue weighted by atomic mass is 10.1. The first-order valence-corrected chi connectivity index (χ1v) is 7.99. The first-order chi connectivity index (χ1) is 10.9. The van der Waals surface area contributed by atoms with Gasteiger partial charge in [-0.1, -0.05) is 12.1 Å². The molecular formula is C16H19N3O3S. The van der Waals surface area contributed by atoms with Crippen LogP contribution in [-0.2, 0) is 11.2 Å². The number of hydroxylamine groups is 1. The normalized spacial score (nSPS) is 11.8. The van der Waals surface area contributed by atoms with Crippen LogP contribution in [0, 0.1) is 13.8 Å². The second-order valence-electron chi connectivity index (χ2n) is 5.26. The van der Waals surface area contributed by atoms with Crippen molar-refractivity contribution in [2.45, 2.75) is 33.2 Å². The van der Waals surface area contributed by atoms with E-state index in [-0.39, 0.29) is 18.4 Å². The molecule has 0 saturated heterocycles. The van der Waals surface area contributed by atoms with E-state index in [1.807, 2.05) is 20.8 Å². The van der Waals surface area contributed by atoms with E-state index in [0.717, 1.165) is 21.1 Å². The van der Waals surface area contributed by atoms with Crippen LogP contribution in [0.15, 0.2) is 24.3 Å². The second-order valence-corrected chi connectivity index (χ2v) is 6.67. The number of carbonyl (C=O) groups is 2. The monoisotopic (exact) mass is 333 g/mol. The summed E-state index contributed by atoms with van der Waals surface area (Å²) in [5, 5.41) is 12.5. The molecule has 122 valence electrons. The Kier molecular flexibility index (Phi) is 5.46.